The van der Waals surface area contributed by atoms with Crippen LogP contribution in [0.25, 0.3) is 28.0 Å². The predicted molar refractivity (Wildman–Crippen MR) is 98.0 cm³/mol. The SMILES string of the molecule is CNc1cccnc1-c1ccc(OC)cc1.c1cc2cc3c1o[nH]n2-3. The van der Waals surface area contributed by atoms with Crippen molar-refractivity contribution in [2.75, 3.05) is 19.5 Å². The fourth-order valence-corrected chi connectivity index (χ4v) is 2.76. The molecule has 0 saturated carbocycles. The van der Waals surface area contributed by atoms with E-state index in [1.54, 1.807) is 13.3 Å². The van der Waals surface area contributed by atoms with Crippen molar-refractivity contribution in [3.8, 4) is 22.7 Å². The monoisotopic (exact) mass is 334 g/mol. The summed E-state index contributed by atoms with van der Waals surface area (Å²) in [6.45, 7) is 0. The van der Waals surface area contributed by atoms with Crippen molar-refractivity contribution in [3.05, 3.63) is 60.8 Å². The molecule has 0 atom stereocenters. The molecule has 0 fully saturated rings. The van der Waals surface area contributed by atoms with E-state index >= 15 is 0 Å². The number of benzene rings is 2. The molecule has 0 radical (unpaired) electrons. The summed E-state index contributed by atoms with van der Waals surface area (Å²) in [4.78, 5) is 4.37. The summed E-state index contributed by atoms with van der Waals surface area (Å²) in [7, 11) is 3.55. The summed E-state index contributed by atoms with van der Waals surface area (Å²) in [5.74, 6) is 0.852. The second kappa shape index (κ2) is 6.24. The van der Waals surface area contributed by atoms with Gasteiger partial charge in [0.25, 0.3) is 0 Å². The Morgan fingerprint density at radius 1 is 1.12 bits per heavy atom. The van der Waals surface area contributed by atoms with Gasteiger partial charge in [0.1, 0.15) is 11.4 Å². The lowest BCUT2D eigenvalue weighted by Crippen LogP contribution is -2.02. The molecule has 6 rings (SSSR count). The first-order valence-electron chi connectivity index (χ1n) is 7.94. The van der Waals surface area contributed by atoms with E-state index in [0.29, 0.717) is 0 Å². The summed E-state index contributed by atoms with van der Waals surface area (Å²) in [6.07, 6.45) is 1.79. The first-order valence-corrected chi connectivity index (χ1v) is 7.94. The lowest BCUT2D eigenvalue weighted by Gasteiger charge is -2.08. The van der Waals surface area contributed by atoms with Crippen molar-refractivity contribution in [2.24, 2.45) is 0 Å². The number of anilines is 1. The van der Waals surface area contributed by atoms with E-state index in [1.807, 2.05) is 60.3 Å². The molecule has 3 aliphatic rings. The zero-order valence-electron chi connectivity index (χ0n) is 14.0. The van der Waals surface area contributed by atoms with Gasteiger partial charge in [-0.25, -0.2) is 4.68 Å². The fraction of sp³-hybridized carbons (Fsp3) is 0.105. The van der Waals surface area contributed by atoms with Gasteiger partial charge >= 0.3 is 0 Å². The molecule has 25 heavy (non-hydrogen) atoms. The number of hydrogen-bond acceptors (Lipinski definition) is 4. The van der Waals surface area contributed by atoms with E-state index in [9.17, 15) is 0 Å². The number of hydrogen-bond donors (Lipinski definition) is 2. The zero-order chi connectivity index (χ0) is 17.2. The summed E-state index contributed by atoms with van der Waals surface area (Å²) >= 11 is 0. The normalized spacial score (nSPS) is 10.8. The van der Waals surface area contributed by atoms with Crippen molar-refractivity contribution >= 4 is 16.8 Å². The number of fused-ring (bicyclic) bond motifs is 1. The van der Waals surface area contributed by atoms with Crippen LogP contribution in [-0.2, 0) is 0 Å². The number of rotatable bonds is 3. The first-order chi connectivity index (χ1) is 12.3. The van der Waals surface area contributed by atoms with Crippen molar-refractivity contribution in [2.45, 2.75) is 0 Å². The summed E-state index contributed by atoms with van der Waals surface area (Å²) in [6, 6.07) is 17.8. The third kappa shape index (κ3) is 2.67. The number of nitrogens with zero attached hydrogens (tertiary/aromatic N) is 2. The molecule has 2 aromatic carbocycles. The molecule has 3 aliphatic heterocycles. The third-order valence-electron chi connectivity index (χ3n) is 4.13. The van der Waals surface area contributed by atoms with Gasteiger partial charge in [0.15, 0.2) is 5.58 Å². The van der Waals surface area contributed by atoms with Crippen LogP contribution in [-0.4, -0.2) is 29.1 Å². The third-order valence-corrected chi connectivity index (χ3v) is 4.13. The van der Waals surface area contributed by atoms with Crippen molar-refractivity contribution in [3.63, 3.8) is 0 Å². The maximum atomic E-state index is 5.13. The highest BCUT2D eigenvalue weighted by Gasteiger charge is 2.15. The van der Waals surface area contributed by atoms with Gasteiger partial charge in [-0.1, -0.05) is 0 Å². The van der Waals surface area contributed by atoms with Crippen LogP contribution in [0.2, 0.25) is 0 Å². The van der Waals surface area contributed by atoms with Crippen LogP contribution in [0.5, 0.6) is 5.75 Å². The van der Waals surface area contributed by atoms with Crippen molar-refractivity contribution in [1.82, 2.24) is 14.9 Å². The van der Waals surface area contributed by atoms with E-state index in [0.717, 1.165) is 34.0 Å². The molecule has 0 spiro atoms. The number of aromatic nitrogens is 3. The Hall–Kier alpha value is -3.41. The molecule has 126 valence electrons. The average Bonchev–Trinajstić information content (AvgIpc) is 2.90. The quantitative estimate of drug-likeness (QED) is 0.518. The number of H-pyrrole nitrogens is 1. The number of nitrogens with one attached hydrogen (secondary N) is 2. The van der Waals surface area contributed by atoms with Gasteiger partial charge < -0.3 is 14.6 Å². The number of methoxy groups -OCH3 is 1. The maximum absolute atomic E-state index is 5.13. The van der Waals surface area contributed by atoms with Crippen LogP contribution in [0, 0.1) is 0 Å². The minimum absolute atomic E-state index is 0.852. The molecular formula is C19H18N4O2. The van der Waals surface area contributed by atoms with Crippen LogP contribution < -0.4 is 10.1 Å². The van der Waals surface area contributed by atoms with Gasteiger partial charge in [-0.2, -0.15) is 5.27 Å². The Morgan fingerprint density at radius 2 is 1.96 bits per heavy atom. The van der Waals surface area contributed by atoms with E-state index in [4.69, 9.17) is 9.26 Å². The number of pyridine rings is 2. The molecule has 6 heteroatoms. The molecule has 6 nitrogen and oxygen atoms in total. The largest absolute Gasteiger partial charge is 0.497 e. The van der Waals surface area contributed by atoms with Crippen molar-refractivity contribution in [1.29, 1.82) is 0 Å². The molecule has 4 bridgehead atoms. The standard InChI is InChI=1S/C13H14N2O.C6H4N2O/c1-14-12-4-3-9-15-13(12)10-5-7-11(16-2)8-6-10;1-2-6-5-3-4(1)8(5)7-9-6/h3-9,14H,1-2H3;1-3,7H. The molecule has 3 aromatic rings. The molecule has 1 aromatic heterocycles. The Kier molecular flexibility index (Phi) is 3.78. The van der Waals surface area contributed by atoms with Crippen LogP contribution in [0.15, 0.2) is 65.3 Å². The second-order valence-corrected chi connectivity index (χ2v) is 5.56. The minimum atomic E-state index is 0.852. The minimum Gasteiger partial charge on any atom is -0.497 e. The molecular weight excluding hydrogens is 316 g/mol. The maximum Gasteiger partial charge on any atom is 0.182 e. The summed E-state index contributed by atoms with van der Waals surface area (Å²) < 4.78 is 12.1. The summed E-state index contributed by atoms with van der Waals surface area (Å²) in [5, 5.41) is 5.88. The van der Waals surface area contributed by atoms with Gasteiger partial charge in [0, 0.05) is 18.8 Å². The number of ether oxygens (including phenoxy) is 1. The Bertz CT molecular complexity index is 1010. The van der Waals surface area contributed by atoms with Gasteiger partial charge in [0.05, 0.1) is 24.0 Å². The van der Waals surface area contributed by atoms with Gasteiger partial charge in [0.2, 0.25) is 0 Å². The van der Waals surface area contributed by atoms with Crippen LogP contribution in [0.1, 0.15) is 0 Å². The van der Waals surface area contributed by atoms with Crippen molar-refractivity contribution < 1.29 is 9.26 Å². The second-order valence-electron chi connectivity index (χ2n) is 5.56. The Balaban J connectivity index is 0.000000144. The van der Waals surface area contributed by atoms with E-state index in [-0.39, 0.29) is 0 Å². The molecule has 2 N–H and O–H groups in total. The zero-order valence-corrected chi connectivity index (χ0v) is 14.0. The van der Waals surface area contributed by atoms with Gasteiger partial charge in [-0.05, 0) is 54.6 Å². The van der Waals surface area contributed by atoms with Crippen LogP contribution in [0.3, 0.4) is 0 Å². The molecule has 0 saturated heterocycles. The first kappa shape index (κ1) is 15.1. The molecule has 4 heterocycles. The molecule has 0 aliphatic carbocycles. The van der Waals surface area contributed by atoms with Crippen LogP contribution >= 0.6 is 0 Å². The Morgan fingerprint density at radius 3 is 2.60 bits per heavy atom. The molecule has 0 amide bonds. The van der Waals surface area contributed by atoms with Gasteiger partial charge in [-0.3, -0.25) is 4.98 Å². The topological polar surface area (TPSA) is 68.0 Å². The number of aromatic amines is 1. The van der Waals surface area contributed by atoms with E-state index < -0.39 is 0 Å². The highest BCUT2D eigenvalue weighted by atomic mass is 16.5. The fourth-order valence-electron chi connectivity index (χ4n) is 2.76. The average molecular weight is 334 g/mol. The smallest absolute Gasteiger partial charge is 0.182 e. The molecule has 0 unspecified atom stereocenters. The highest BCUT2D eigenvalue weighted by molar-refractivity contribution is 5.78. The van der Waals surface area contributed by atoms with E-state index in [2.05, 4.69) is 21.6 Å². The Labute approximate surface area is 144 Å². The lowest BCUT2D eigenvalue weighted by atomic mass is 10.1. The van der Waals surface area contributed by atoms with E-state index in [1.165, 1.54) is 5.52 Å². The predicted octanol–water partition coefficient (Wildman–Crippen LogP) is 4.23. The lowest BCUT2D eigenvalue weighted by molar-refractivity contribution is 0.409. The summed E-state index contributed by atoms with van der Waals surface area (Å²) in [5.41, 5.74) is 6.29. The van der Waals surface area contributed by atoms with Crippen LogP contribution in [0.4, 0.5) is 5.69 Å². The highest BCUT2D eigenvalue weighted by Crippen LogP contribution is 2.28. The van der Waals surface area contributed by atoms with Gasteiger partial charge in [-0.15, -0.1) is 0 Å².